The number of aryl methyl sites for hydroxylation is 1. The minimum atomic E-state index is 0.0482. The normalized spacial score (nSPS) is 10.1. The van der Waals surface area contributed by atoms with Crippen LogP contribution in [0.15, 0.2) is 29.2 Å². The van der Waals surface area contributed by atoms with Gasteiger partial charge in [0.2, 0.25) is 5.91 Å². The molecule has 0 aliphatic heterocycles. The fourth-order valence-electron chi connectivity index (χ4n) is 1.22. The molecule has 88 valence electrons. The van der Waals surface area contributed by atoms with Crippen LogP contribution in [0.5, 0.6) is 0 Å². The maximum absolute atomic E-state index is 11.1. The van der Waals surface area contributed by atoms with Crippen LogP contribution in [-0.2, 0) is 4.79 Å². The molecular weight excluding hydrogens is 220 g/mol. The number of hydrogen-bond acceptors (Lipinski definition) is 3. The van der Waals surface area contributed by atoms with Crippen molar-refractivity contribution in [2.75, 3.05) is 25.9 Å². The van der Waals surface area contributed by atoms with Gasteiger partial charge < -0.3 is 10.6 Å². The van der Waals surface area contributed by atoms with Crippen LogP contribution in [0.4, 0.5) is 0 Å². The van der Waals surface area contributed by atoms with Gasteiger partial charge in [-0.15, -0.1) is 11.8 Å². The van der Waals surface area contributed by atoms with Gasteiger partial charge in [0.1, 0.15) is 0 Å². The predicted molar refractivity (Wildman–Crippen MR) is 68.8 cm³/mol. The van der Waals surface area contributed by atoms with E-state index in [9.17, 15) is 4.79 Å². The second-order valence-electron chi connectivity index (χ2n) is 3.54. The Labute approximate surface area is 101 Å². The summed E-state index contributed by atoms with van der Waals surface area (Å²) >= 11 is 1.75. The van der Waals surface area contributed by atoms with E-state index < -0.39 is 0 Å². The average molecular weight is 238 g/mol. The summed E-state index contributed by atoms with van der Waals surface area (Å²) in [6.45, 7) is 3.17. The van der Waals surface area contributed by atoms with Crippen LogP contribution in [0.2, 0.25) is 0 Å². The van der Waals surface area contributed by atoms with Crippen molar-refractivity contribution in [3.05, 3.63) is 29.8 Å². The fourth-order valence-corrected chi connectivity index (χ4v) is 1.99. The summed E-state index contributed by atoms with van der Waals surface area (Å²) < 4.78 is 0. The first kappa shape index (κ1) is 13.1. The lowest BCUT2D eigenvalue weighted by molar-refractivity contribution is -0.120. The molecule has 0 saturated heterocycles. The molecule has 1 amide bonds. The molecule has 0 bridgehead atoms. The van der Waals surface area contributed by atoms with Gasteiger partial charge in [-0.05, 0) is 26.1 Å². The number of hydrogen-bond donors (Lipinski definition) is 2. The molecule has 1 aromatic rings. The van der Waals surface area contributed by atoms with Crippen molar-refractivity contribution >= 4 is 17.7 Å². The number of benzene rings is 1. The highest BCUT2D eigenvalue weighted by Crippen LogP contribution is 2.17. The number of likely N-dealkylation sites (N-methyl/N-ethyl adjacent to an activating group) is 1. The maximum atomic E-state index is 11.1. The topological polar surface area (TPSA) is 41.1 Å². The molecule has 2 N–H and O–H groups in total. The largest absolute Gasteiger partial charge is 0.354 e. The van der Waals surface area contributed by atoms with Crippen molar-refractivity contribution in [2.45, 2.75) is 11.8 Å². The molecule has 0 radical (unpaired) electrons. The Bertz CT molecular complexity index is 324. The third-order valence-electron chi connectivity index (χ3n) is 2.05. The molecule has 0 fully saturated rings. The van der Waals surface area contributed by atoms with E-state index in [2.05, 4.69) is 41.8 Å². The smallest absolute Gasteiger partial charge is 0.233 e. The quantitative estimate of drug-likeness (QED) is 0.582. The van der Waals surface area contributed by atoms with E-state index in [0.29, 0.717) is 13.1 Å². The molecule has 0 saturated carbocycles. The zero-order chi connectivity index (χ0) is 11.8. The lowest BCUT2D eigenvalue weighted by atomic mass is 10.2. The summed E-state index contributed by atoms with van der Waals surface area (Å²) in [7, 11) is 1.76. The van der Waals surface area contributed by atoms with Crippen molar-refractivity contribution in [1.29, 1.82) is 0 Å². The summed E-state index contributed by atoms with van der Waals surface area (Å²) in [4.78, 5) is 12.4. The molecule has 1 rings (SSSR count). The first-order valence-corrected chi connectivity index (χ1v) is 6.31. The summed E-state index contributed by atoms with van der Waals surface area (Å²) in [6, 6.07) is 8.41. The second-order valence-corrected chi connectivity index (χ2v) is 4.71. The number of carbonyl (C=O) groups is 1. The van der Waals surface area contributed by atoms with Gasteiger partial charge in [0.15, 0.2) is 0 Å². The zero-order valence-electron chi connectivity index (χ0n) is 9.75. The predicted octanol–water partition coefficient (Wildman–Crippen LogP) is 1.42. The van der Waals surface area contributed by atoms with Crippen molar-refractivity contribution < 1.29 is 4.79 Å². The third kappa shape index (κ3) is 5.19. The average Bonchev–Trinajstić information content (AvgIpc) is 2.27. The highest BCUT2D eigenvalue weighted by atomic mass is 32.2. The van der Waals surface area contributed by atoms with E-state index in [0.717, 1.165) is 5.75 Å². The van der Waals surface area contributed by atoms with Gasteiger partial charge in [-0.2, -0.15) is 0 Å². The Morgan fingerprint density at radius 3 is 2.62 bits per heavy atom. The summed E-state index contributed by atoms with van der Waals surface area (Å²) in [5, 5.41) is 5.66. The van der Waals surface area contributed by atoms with Gasteiger partial charge in [0.05, 0.1) is 6.54 Å². The molecule has 3 nitrogen and oxygen atoms in total. The van der Waals surface area contributed by atoms with Crippen LogP contribution < -0.4 is 10.6 Å². The van der Waals surface area contributed by atoms with Crippen LogP contribution in [0.3, 0.4) is 0 Å². The molecule has 16 heavy (non-hydrogen) atoms. The Kier molecular flexibility index (Phi) is 5.96. The molecule has 0 aliphatic carbocycles. The Morgan fingerprint density at radius 2 is 2.00 bits per heavy atom. The van der Waals surface area contributed by atoms with E-state index >= 15 is 0 Å². The van der Waals surface area contributed by atoms with Gasteiger partial charge in [-0.25, -0.2) is 0 Å². The van der Waals surface area contributed by atoms with E-state index in [-0.39, 0.29) is 5.91 Å². The van der Waals surface area contributed by atoms with Gasteiger partial charge >= 0.3 is 0 Å². The SMILES string of the molecule is CNCC(=O)NCCSc1ccc(C)cc1. The van der Waals surface area contributed by atoms with Gasteiger partial charge in [0, 0.05) is 17.2 Å². The lowest BCUT2D eigenvalue weighted by Gasteiger charge is -2.04. The van der Waals surface area contributed by atoms with Crippen molar-refractivity contribution in [3.63, 3.8) is 0 Å². The second kappa shape index (κ2) is 7.30. The molecule has 0 spiro atoms. The molecule has 0 heterocycles. The van der Waals surface area contributed by atoms with Gasteiger partial charge in [0.25, 0.3) is 0 Å². The Morgan fingerprint density at radius 1 is 1.31 bits per heavy atom. The van der Waals surface area contributed by atoms with Crippen LogP contribution in [0, 0.1) is 6.92 Å². The third-order valence-corrected chi connectivity index (χ3v) is 3.07. The summed E-state index contributed by atoms with van der Waals surface area (Å²) in [5.41, 5.74) is 1.27. The van der Waals surface area contributed by atoms with E-state index in [4.69, 9.17) is 0 Å². The molecule has 0 unspecified atom stereocenters. The first-order chi connectivity index (χ1) is 7.72. The monoisotopic (exact) mass is 238 g/mol. The number of rotatable bonds is 6. The first-order valence-electron chi connectivity index (χ1n) is 5.33. The number of nitrogens with one attached hydrogen (secondary N) is 2. The fraction of sp³-hybridized carbons (Fsp3) is 0.417. The highest BCUT2D eigenvalue weighted by molar-refractivity contribution is 7.99. The standard InChI is InChI=1S/C12H18N2OS/c1-10-3-5-11(6-4-10)16-8-7-14-12(15)9-13-2/h3-6,13H,7-9H2,1-2H3,(H,14,15). The highest BCUT2D eigenvalue weighted by Gasteiger charge is 1.98. The van der Waals surface area contributed by atoms with Crippen molar-refractivity contribution in [1.82, 2.24) is 10.6 Å². The van der Waals surface area contributed by atoms with Crippen LogP contribution in [0.1, 0.15) is 5.56 Å². The van der Waals surface area contributed by atoms with Crippen LogP contribution in [-0.4, -0.2) is 31.8 Å². The van der Waals surface area contributed by atoms with E-state index in [1.807, 2.05) is 0 Å². The van der Waals surface area contributed by atoms with Gasteiger partial charge in [-0.1, -0.05) is 17.7 Å². The van der Waals surface area contributed by atoms with Crippen molar-refractivity contribution in [3.8, 4) is 0 Å². The molecule has 4 heteroatoms. The molecule has 1 aromatic carbocycles. The minimum Gasteiger partial charge on any atom is -0.354 e. The lowest BCUT2D eigenvalue weighted by Crippen LogP contribution is -2.33. The Hall–Kier alpha value is -1.00. The molecular formula is C12H18N2OS. The number of thioether (sulfide) groups is 1. The zero-order valence-corrected chi connectivity index (χ0v) is 10.6. The van der Waals surface area contributed by atoms with E-state index in [1.54, 1.807) is 18.8 Å². The maximum Gasteiger partial charge on any atom is 0.233 e. The van der Waals surface area contributed by atoms with Crippen LogP contribution >= 0.6 is 11.8 Å². The van der Waals surface area contributed by atoms with E-state index in [1.165, 1.54) is 10.5 Å². The van der Waals surface area contributed by atoms with Crippen LogP contribution in [0.25, 0.3) is 0 Å². The molecule has 0 aliphatic rings. The minimum absolute atomic E-state index is 0.0482. The van der Waals surface area contributed by atoms with Crippen molar-refractivity contribution in [2.24, 2.45) is 0 Å². The number of amides is 1. The Balaban J connectivity index is 2.16. The van der Waals surface area contributed by atoms with Gasteiger partial charge in [-0.3, -0.25) is 4.79 Å². The summed E-state index contributed by atoms with van der Waals surface area (Å²) in [6.07, 6.45) is 0. The molecule has 0 aromatic heterocycles. The summed E-state index contributed by atoms with van der Waals surface area (Å²) in [5.74, 6) is 0.949. The molecule has 0 atom stereocenters. The number of carbonyl (C=O) groups excluding carboxylic acids is 1.